The molecule has 1 aliphatic rings. The molecule has 2 aromatic rings. The maximum atomic E-state index is 12.0. The highest BCUT2D eigenvalue weighted by Gasteiger charge is 2.28. The molecule has 32 heavy (non-hydrogen) atoms. The first-order valence-electron chi connectivity index (χ1n) is 10.6. The van der Waals surface area contributed by atoms with Gasteiger partial charge in [-0.3, -0.25) is 9.59 Å². The van der Waals surface area contributed by atoms with Crippen molar-refractivity contribution in [3.05, 3.63) is 59.7 Å². The van der Waals surface area contributed by atoms with Crippen molar-refractivity contribution in [3.8, 4) is 23.0 Å². The lowest BCUT2D eigenvalue weighted by atomic mass is 9.98. The minimum Gasteiger partial charge on any atom is -0.481 e. The first kappa shape index (κ1) is 22.9. The standard InChI is InChI=1S/C25H26N2O5/c28-23(26-15-7-1-2-14-24(29)30)13-8-16-27-25(31)32-17-22-20-11-5-3-9-18(20)19-10-4-6-12-21(19)22/h3-6,9-12,22H,1-2,7,14-17H2,(H,26,28)(H,27,31)(H,29,30). The Kier molecular flexibility index (Phi) is 8.27. The summed E-state index contributed by atoms with van der Waals surface area (Å²) in [6, 6.07) is 16.2. The van der Waals surface area contributed by atoms with Crippen molar-refractivity contribution in [1.82, 2.24) is 10.6 Å². The molecule has 0 fully saturated rings. The SMILES string of the molecule is O=C(O)CCCCCNC(=O)C#CCNC(=O)OCC1c2ccccc2-c2ccccc21. The summed E-state index contributed by atoms with van der Waals surface area (Å²) in [6.45, 7) is 0.658. The summed E-state index contributed by atoms with van der Waals surface area (Å²) in [7, 11) is 0. The zero-order chi connectivity index (χ0) is 22.8. The van der Waals surface area contributed by atoms with E-state index in [2.05, 4.69) is 46.7 Å². The van der Waals surface area contributed by atoms with E-state index in [0.717, 1.165) is 28.7 Å². The minimum atomic E-state index is -0.816. The van der Waals surface area contributed by atoms with E-state index in [0.29, 0.717) is 19.4 Å². The van der Waals surface area contributed by atoms with Crippen LogP contribution in [0.3, 0.4) is 0 Å². The van der Waals surface area contributed by atoms with Crippen molar-refractivity contribution >= 4 is 18.0 Å². The molecular weight excluding hydrogens is 408 g/mol. The van der Waals surface area contributed by atoms with Crippen LogP contribution in [0, 0.1) is 11.8 Å². The number of aliphatic carboxylic acids is 1. The average molecular weight is 434 g/mol. The second-order valence-corrected chi connectivity index (χ2v) is 7.44. The van der Waals surface area contributed by atoms with Gasteiger partial charge in [0.25, 0.3) is 5.91 Å². The van der Waals surface area contributed by atoms with Gasteiger partial charge in [-0.15, -0.1) is 0 Å². The Morgan fingerprint density at radius 1 is 0.906 bits per heavy atom. The smallest absolute Gasteiger partial charge is 0.407 e. The van der Waals surface area contributed by atoms with Crippen LogP contribution in [0.1, 0.15) is 42.7 Å². The normalized spacial score (nSPS) is 11.5. The maximum Gasteiger partial charge on any atom is 0.407 e. The number of hydrogen-bond acceptors (Lipinski definition) is 4. The quantitative estimate of drug-likeness (QED) is 0.415. The molecule has 2 aromatic carbocycles. The highest BCUT2D eigenvalue weighted by Crippen LogP contribution is 2.44. The topological polar surface area (TPSA) is 105 Å². The average Bonchev–Trinajstić information content (AvgIpc) is 3.11. The lowest BCUT2D eigenvalue weighted by Gasteiger charge is -2.14. The van der Waals surface area contributed by atoms with Crippen LogP contribution >= 0.6 is 0 Å². The van der Waals surface area contributed by atoms with Crippen molar-refractivity contribution in [1.29, 1.82) is 0 Å². The molecule has 0 saturated carbocycles. The number of carboxylic acids is 1. The van der Waals surface area contributed by atoms with E-state index in [4.69, 9.17) is 9.84 Å². The number of carbonyl (C=O) groups excluding carboxylic acids is 2. The molecule has 1 aliphatic carbocycles. The fraction of sp³-hybridized carbons (Fsp3) is 0.320. The molecule has 0 spiro atoms. The van der Waals surface area contributed by atoms with Crippen molar-refractivity contribution < 1.29 is 24.2 Å². The second-order valence-electron chi connectivity index (χ2n) is 7.44. The zero-order valence-electron chi connectivity index (χ0n) is 17.7. The van der Waals surface area contributed by atoms with Gasteiger partial charge in [0.15, 0.2) is 0 Å². The molecule has 166 valence electrons. The number of hydrogen-bond donors (Lipinski definition) is 3. The Morgan fingerprint density at radius 3 is 2.22 bits per heavy atom. The fourth-order valence-corrected chi connectivity index (χ4v) is 3.71. The van der Waals surface area contributed by atoms with Crippen LogP contribution in [0.5, 0.6) is 0 Å². The summed E-state index contributed by atoms with van der Waals surface area (Å²) in [4.78, 5) is 34.1. The Labute approximate surface area is 187 Å². The van der Waals surface area contributed by atoms with Crippen LogP contribution in [-0.4, -0.2) is 42.8 Å². The van der Waals surface area contributed by atoms with Gasteiger partial charge < -0.3 is 20.5 Å². The summed E-state index contributed by atoms with van der Waals surface area (Å²) in [5, 5.41) is 13.7. The Hall–Kier alpha value is -3.79. The lowest BCUT2D eigenvalue weighted by molar-refractivity contribution is -0.137. The Balaban J connectivity index is 1.37. The number of benzene rings is 2. The number of fused-ring (bicyclic) bond motifs is 3. The molecule has 0 bridgehead atoms. The van der Waals surface area contributed by atoms with Gasteiger partial charge in [0.2, 0.25) is 0 Å². The number of carboxylic acid groups (broad SMARTS) is 1. The van der Waals surface area contributed by atoms with E-state index in [1.54, 1.807) is 0 Å². The molecule has 7 heteroatoms. The predicted octanol–water partition coefficient (Wildman–Crippen LogP) is 3.29. The Morgan fingerprint density at radius 2 is 1.56 bits per heavy atom. The number of nitrogens with one attached hydrogen (secondary N) is 2. The maximum absolute atomic E-state index is 12.0. The fourth-order valence-electron chi connectivity index (χ4n) is 3.71. The minimum absolute atomic E-state index is 0.00268. The predicted molar refractivity (Wildman–Crippen MR) is 120 cm³/mol. The van der Waals surface area contributed by atoms with Gasteiger partial charge in [0, 0.05) is 18.9 Å². The van der Waals surface area contributed by atoms with E-state index in [1.807, 2.05) is 24.3 Å². The second kappa shape index (κ2) is 11.6. The molecule has 0 heterocycles. The molecule has 3 rings (SSSR count). The van der Waals surface area contributed by atoms with Crippen LogP contribution in [0.25, 0.3) is 11.1 Å². The van der Waals surface area contributed by atoms with Crippen molar-refractivity contribution in [2.75, 3.05) is 19.7 Å². The number of unbranched alkanes of at least 4 members (excludes halogenated alkanes) is 2. The molecule has 0 aromatic heterocycles. The van der Waals surface area contributed by atoms with Crippen LogP contribution in [-0.2, 0) is 14.3 Å². The first-order valence-corrected chi connectivity index (χ1v) is 10.6. The van der Waals surface area contributed by atoms with Crippen LogP contribution in [0.15, 0.2) is 48.5 Å². The molecule has 0 unspecified atom stereocenters. The molecule has 0 aliphatic heterocycles. The number of alkyl carbamates (subject to hydrolysis) is 1. The van der Waals surface area contributed by atoms with E-state index < -0.39 is 18.0 Å². The van der Waals surface area contributed by atoms with Crippen LogP contribution < -0.4 is 10.6 Å². The van der Waals surface area contributed by atoms with Gasteiger partial charge in [-0.25, -0.2) is 4.79 Å². The molecule has 0 radical (unpaired) electrons. The summed E-state index contributed by atoms with van der Waals surface area (Å²) in [6.07, 6.45) is 1.55. The summed E-state index contributed by atoms with van der Waals surface area (Å²) in [5.41, 5.74) is 4.61. The van der Waals surface area contributed by atoms with Gasteiger partial charge in [-0.05, 0) is 41.0 Å². The first-order chi connectivity index (χ1) is 15.6. The summed E-state index contributed by atoms with van der Waals surface area (Å²) >= 11 is 0. The van der Waals surface area contributed by atoms with Crippen molar-refractivity contribution in [2.45, 2.75) is 31.6 Å². The van der Waals surface area contributed by atoms with Gasteiger partial charge in [-0.2, -0.15) is 0 Å². The highest BCUT2D eigenvalue weighted by atomic mass is 16.5. The molecule has 2 amide bonds. The van der Waals surface area contributed by atoms with E-state index in [9.17, 15) is 14.4 Å². The van der Waals surface area contributed by atoms with E-state index in [-0.39, 0.29) is 25.5 Å². The third-order valence-electron chi connectivity index (χ3n) is 5.22. The van der Waals surface area contributed by atoms with E-state index >= 15 is 0 Å². The molecule has 0 atom stereocenters. The third-order valence-corrected chi connectivity index (χ3v) is 5.22. The van der Waals surface area contributed by atoms with Crippen LogP contribution in [0.4, 0.5) is 4.79 Å². The summed E-state index contributed by atoms with van der Waals surface area (Å²) < 4.78 is 5.41. The molecular formula is C25H26N2O5. The third kappa shape index (κ3) is 6.35. The van der Waals surface area contributed by atoms with Gasteiger partial charge in [-0.1, -0.05) is 60.9 Å². The highest BCUT2D eigenvalue weighted by molar-refractivity contribution is 5.93. The number of ether oxygens (including phenoxy) is 1. The van der Waals surface area contributed by atoms with E-state index in [1.165, 1.54) is 0 Å². The number of rotatable bonds is 9. The monoisotopic (exact) mass is 434 g/mol. The lowest BCUT2D eigenvalue weighted by Crippen LogP contribution is -2.27. The molecule has 0 saturated heterocycles. The van der Waals surface area contributed by atoms with Gasteiger partial charge in [0.05, 0.1) is 6.54 Å². The number of amides is 2. The van der Waals surface area contributed by atoms with Gasteiger partial charge in [0.1, 0.15) is 6.61 Å². The Bertz CT molecular complexity index is 992. The van der Waals surface area contributed by atoms with Crippen LogP contribution in [0.2, 0.25) is 0 Å². The molecule has 7 nitrogen and oxygen atoms in total. The van der Waals surface area contributed by atoms with Gasteiger partial charge >= 0.3 is 12.1 Å². The largest absolute Gasteiger partial charge is 0.481 e. The molecule has 3 N–H and O–H groups in total. The zero-order valence-corrected chi connectivity index (χ0v) is 17.7. The summed E-state index contributed by atoms with van der Waals surface area (Å²) in [5.74, 6) is 3.73. The van der Waals surface area contributed by atoms with Crippen molar-refractivity contribution in [2.24, 2.45) is 0 Å². The van der Waals surface area contributed by atoms with Crippen molar-refractivity contribution in [3.63, 3.8) is 0 Å². The number of carbonyl (C=O) groups is 3.